The molecule has 0 radical (unpaired) electrons. The monoisotopic (exact) mass is 694 g/mol. The molecule has 0 fully saturated rings. The summed E-state index contributed by atoms with van der Waals surface area (Å²) in [5.74, 6) is -0.266. The third-order valence-corrected chi connectivity index (χ3v) is 10.2. The van der Waals surface area contributed by atoms with Crippen LogP contribution in [-0.2, 0) is 26.2 Å². The average molecular weight is 695 g/mol. The Morgan fingerprint density at radius 1 is 1.12 bits per heavy atom. The first-order chi connectivity index (χ1) is 22.7. The van der Waals surface area contributed by atoms with Gasteiger partial charge in [0.2, 0.25) is 10.0 Å². The van der Waals surface area contributed by atoms with Crippen LogP contribution in [0.4, 0.5) is 21.7 Å². The van der Waals surface area contributed by atoms with E-state index in [0.29, 0.717) is 29.4 Å². The van der Waals surface area contributed by atoms with E-state index in [2.05, 4.69) is 40.7 Å². The zero-order chi connectivity index (χ0) is 35.1. The lowest BCUT2D eigenvalue weighted by Crippen LogP contribution is -2.22. The molecule has 0 aliphatic heterocycles. The third-order valence-electron chi connectivity index (χ3n) is 7.25. The van der Waals surface area contributed by atoms with Crippen molar-refractivity contribution in [3.63, 3.8) is 0 Å². The van der Waals surface area contributed by atoms with E-state index in [0.717, 1.165) is 6.04 Å². The Bertz CT molecular complexity index is 1890. The fourth-order valence-corrected chi connectivity index (χ4v) is 5.84. The van der Waals surface area contributed by atoms with Crippen LogP contribution in [0.5, 0.6) is 5.75 Å². The summed E-state index contributed by atoms with van der Waals surface area (Å²) in [4.78, 5) is 16.2. The van der Waals surface area contributed by atoms with Gasteiger partial charge in [0.25, 0.3) is 0 Å². The summed E-state index contributed by atoms with van der Waals surface area (Å²) >= 11 is 0. The lowest BCUT2D eigenvalue weighted by molar-refractivity contribution is 0.0600. The van der Waals surface area contributed by atoms with Crippen molar-refractivity contribution >= 4 is 41.4 Å². The summed E-state index contributed by atoms with van der Waals surface area (Å²) < 4.78 is 59.7. The lowest BCUT2D eigenvalue weighted by Gasteiger charge is -2.19. The van der Waals surface area contributed by atoms with E-state index in [-0.39, 0.29) is 40.7 Å². The first-order valence-corrected chi connectivity index (χ1v) is 20.6. The minimum absolute atomic E-state index is 0.0288. The number of sulfonamides is 1. The van der Waals surface area contributed by atoms with E-state index in [9.17, 15) is 22.9 Å². The fraction of sp³-hybridized carbons (Fsp3) is 0.333. The summed E-state index contributed by atoms with van der Waals surface area (Å²) in [6.45, 7) is 10.5. The number of aromatic nitrogens is 3. The molecule has 0 spiro atoms. The van der Waals surface area contributed by atoms with Gasteiger partial charge in [-0.1, -0.05) is 37.8 Å². The number of ether oxygens (including phenoxy) is 3. The standard InChI is InChI=1S/C33H39FN6O6SSi/c1-7-47(42,43)39-28-14-10-24(18-29(28)46-22(2)23-8-12-26(34)13-9-23)31-27(19-35)32(40(38-31)21-45-16-17-48(4,5)6)37-30-15-11-25(20-36-30)33(41)44-3/h8-15,18,20,22,39H,7,16-17,21H2,1-6H3,(H,36,37)/t22-/m0/s1. The van der Waals surface area contributed by atoms with Crippen LogP contribution in [0.2, 0.25) is 25.7 Å². The number of nitrogens with one attached hydrogen (secondary N) is 2. The van der Waals surface area contributed by atoms with E-state index < -0.39 is 36.0 Å². The van der Waals surface area contributed by atoms with Crippen molar-refractivity contribution in [2.75, 3.05) is 29.5 Å². The maximum absolute atomic E-state index is 13.6. The number of nitriles is 1. The summed E-state index contributed by atoms with van der Waals surface area (Å²) in [5, 5.41) is 18.3. The Morgan fingerprint density at radius 3 is 2.46 bits per heavy atom. The highest BCUT2D eigenvalue weighted by Gasteiger charge is 2.23. The van der Waals surface area contributed by atoms with E-state index >= 15 is 0 Å². The van der Waals surface area contributed by atoms with Crippen LogP contribution in [0.3, 0.4) is 0 Å². The maximum Gasteiger partial charge on any atom is 0.339 e. The molecule has 0 bridgehead atoms. The van der Waals surface area contributed by atoms with Gasteiger partial charge in [-0.25, -0.2) is 27.3 Å². The van der Waals surface area contributed by atoms with Crippen molar-refractivity contribution in [2.24, 2.45) is 0 Å². The Morgan fingerprint density at radius 2 is 1.85 bits per heavy atom. The molecule has 12 nitrogen and oxygen atoms in total. The molecule has 0 aliphatic rings. The number of hydrogen-bond donors (Lipinski definition) is 2. The van der Waals surface area contributed by atoms with E-state index in [1.54, 1.807) is 49.4 Å². The van der Waals surface area contributed by atoms with Crippen molar-refractivity contribution in [1.82, 2.24) is 14.8 Å². The summed E-state index contributed by atoms with van der Waals surface area (Å²) in [7, 11) is -3.77. The molecular formula is C33H39FN6O6SSi. The Hall–Kier alpha value is -4.78. The molecule has 2 aromatic carbocycles. The van der Waals surface area contributed by atoms with Crippen LogP contribution >= 0.6 is 0 Å². The lowest BCUT2D eigenvalue weighted by atomic mass is 10.1. The highest BCUT2D eigenvalue weighted by molar-refractivity contribution is 7.92. The number of pyridine rings is 1. The summed E-state index contributed by atoms with van der Waals surface area (Å²) in [5.41, 5.74) is 2.03. The van der Waals surface area contributed by atoms with Crippen LogP contribution in [0.1, 0.15) is 41.4 Å². The van der Waals surface area contributed by atoms with Crippen molar-refractivity contribution in [3.05, 3.63) is 83.3 Å². The predicted octanol–water partition coefficient (Wildman–Crippen LogP) is 6.70. The van der Waals surface area contributed by atoms with Gasteiger partial charge in [-0.2, -0.15) is 10.4 Å². The summed E-state index contributed by atoms with van der Waals surface area (Å²) in [6, 6.07) is 16.8. The molecule has 0 saturated heterocycles. The molecule has 2 N–H and O–H groups in total. The smallest absolute Gasteiger partial charge is 0.339 e. The van der Waals surface area contributed by atoms with E-state index in [1.807, 2.05) is 0 Å². The minimum atomic E-state index is -3.67. The number of carbonyl (C=O) groups is 1. The second-order valence-corrected chi connectivity index (χ2v) is 19.7. The van der Waals surface area contributed by atoms with Gasteiger partial charge in [0.05, 0.1) is 24.1 Å². The van der Waals surface area contributed by atoms with Crippen LogP contribution in [0.15, 0.2) is 60.8 Å². The third kappa shape index (κ3) is 9.40. The second-order valence-electron chi connectivity index (χ2n) is 12.1. The molecule has 2 heterocycles. The van der Waals surface area contributed by atoms with Gasteiger partial charge in [-0.05, 0) is 61.9 Å². The van der Waals surface area contributed by atoms with E-state index in [1.165, 1.54) is 37.0 Å². The molecule has 4 rings (SSSR count). The number of halogens is 1. The van der Waals surface area contributed by atoms with Gasteiger partial charge in [0.15, 0.2) is 5.82 Å². The first kappa shape index (κ1) is 36.1. The molecule has 0 saturated carbocycles. The second kappa shape index (κ2) is 15.4. The number of methoxy groups -OCH3 is 1. The Labute approximate surface area is 280 Å². The van der Waals surface area contributed by atoms with Gasteiger partial charge in [0.1, 0.15) is 47.5 Å². The molecule has 2 aromatic heterocycles. The molecule has 48 heavy (non-hydrogen) atoms. The maximum atomic E-state index is 13.6. The number of benzene rings is 2. The molecule has 15 heteroatoms. The molecule has 0 amide bonds. The molecule has 4 aromatic rings. The van der Waals surface area contributed by atoms with Crippen molar-refractivity contribution in [2.45, 2.75) is 52.4 Å². The fourth-order valence-electron chi connectivity index (χ4n) is 4.43. The normalized spacial score (nSPS) is 12.2. The molecule has 254 valence electrons. The van der Waals surface area contributed by atoms with E-state index in [4.69, 9.17) is 19.3 Å². The molecule has 1 atom stereocenters. The highest BCUT2D eigenvalue weighted by atomic mass is 32.2. The topological polar surface area (TPSA) is 157 Å². The van der Waals surface area contributed by atoms with Crippen molar-refractivity contribution in [1.29, 1.82) is 5.26 Å². The summed E-state index contributed by atoms with van der Waals surface area (Å²) in [6.07, 6.45) is 0.767. The number of carbonyl (C=O) groups excluding carboxylic acids is 1. The largest absolute Gasteiger partial charge is 0.484 e. The number of nitrogens with zero attached hydrogens (tertiary/aromatic N) is 4. The van der Waals surface area contributed by atoms with Gasteiger partial charge < -0.3 is 19.5 Å². The van der Waals surface area contributed by atoms with Gasteiger partial charge in [-0.15, -0.1) is 0 Å². The van der Waals surface area contributed by atoms with Crippen molar-refractivity contribution in [3.8, 4) is 23.1 Å². The molecular weight excluding hydrogens is 656 g/mol. The SMILES string of the molecule is CCS(=O)(=O)Nc1ccc(-c2nn(COCC[Si](C)(C)C)c(Nc3ccc(C(=O)OC)cn3)c2C#N)cc1O[C@@H](C)c1ccc(F)cc1. The Kier molecular flexibility index (Phi) is 11.6. The number of rotatable bonds is 15. The van der Waals surface area contributed by atoms with Crippen LogP contribution < -0.4 is 14.8 Å². The van der Waals surface area contributed by atoms with Crippen LogP contribution in [-0.4, -0.2) is 56.7 Å². The number of anilines is 3. The van der Waals surface area contributed by atoms with Gasteiger partial charge >= 0.3 is 5.97 Å². The van der Waals surface area contributed by atoms with Crippen molar-refractivity contribution < 1.29 is 31.8 Å². The van der Waals surface area contributed by atoms with Crippen LogP contribution in [0.25, 0.3) is 11.3 Å². The first-order valence-electron chi connectivity index (χ1n) is 15.2. The average Bonchev–Trinajstić information content (AvgIpc) is 3.40. The molecule has 0 aliphatic carbocycles. The van der Waals surface area contributed by atoms with Gasteiger partial charge in [0, 0.05) is 26.4 Å². The number of hydrogen-bond acceptors (Lipinski definition) is 10. The van der Waals surface area contributed by atoms with Gasteiger partial charge in [-0.3, -0.25) is 4.72 Å². The minimum Gasteiger partial charge on any atom is -0.484 e. The Balaban J connectivity index is 1.77. The quantitative estimate of drug-likeness (QED) is 0.0780. The molecule has 0 unspecified atom stereocenters. The zero-order valence-corrected chi connectivity index (χ0v) is 29.5. The van der Waals surface area contributed by atoms with Crippen LogP contribution in [0, 0.1) is 17.1 Å². The zero-order valence-electron chi connectivity index (χ0n) is 27.7. The highest BCUT2D eigenvalue weighted by Crippen LogP contribution is 2.37. The predicted molar refractivity (Wildman–Crippen MR) is 184 cm³/mol. The number of esters is 1.